The van der Waals surface area contributed by atoms with Gasteiger partial charge in [-0.25, -0.2) is 4.98 Å². The first kappa shape index (κ1) is 14.0. The van der Waals surface area contributed by atoms with E-state index in [2.05, 4.69) is 18.8 Å². The Balaban J connectivity index is 2.04. The van der Waals surface area contributed by atoms with Crippen molar-refractivity contribution < 1.29 is 4.74 Å². The highest BCUT2D eigenvalue weighted by Crippen LogP contribution is 2.31. The summed E-state index contributed by atoms with van der Waals surface area (Å²) in [6.45, 7) is 4.57. The topological polar surface area (TPSA) is 22.1 Å². The Kier molecular flexibility index (Phi) is 4.74. The van der Waals surface area contributed by atoms with Crippen LogP contribution in [0, 0.1) is 11.8 Å². The van der Waals surface area contributed by atoms with Crippen LogP contribution in [0.3, 0.4) is 0 Å². The summed E-state index contributed by atoms with van der Waals surface area (Å²) in [7, 11) is 0. The first-order chi connectivity index (χ1) is 8.58. The average Bonchev–Trinajstić information content (AvgIpc) is 2.30. The fraction of sp³-hybridized carbons (Fsp3) is 0.643. The van der Waals surface area contributed by atoms with Crippen LogP contribution in [0.2, 0.25) is 5.02 Å². The van der Waals surface area contributed by atoms with Gasteiger partial charge >= 0.3 is 0 Å². The number of hydrogen-bond donors (Lipinski definition) is 0. The van der Waals surface area contributed by atoms with Crippen molar-refractivity contribution in [3.05, 3.63) is 22.8 Å². The second-order valence-corrected chi connectivity index (χ2v) is 6.08. The number of halogens is 2. The van der Waals surface area contributed by atoms with Gasteiger partial charge in [0.2, 0.25) is 5.88 Å². The molecule has 4 heteroatoms. The quantitative estimate of drug-likeness (QED) is 0.753. The zero-order chi connectivity index (χ0) is 13.1. The molecule has 2 unspecified atom stereocenters. The van der Waals surface area contributed by atoms with E-state index in [4.69, 9.17) is 27.9 Å². The molecule has 1 aromatic rings. The van der Waals surface area contributed by atoms with Crippen molar-refractivity contribution in [3.8, 4) is 5.88 Å². The highest BCUT2D eigenvalue weighted by Gasteiger charge is 2.25. The monoisotopic (exact) mass is 287 g/mol. The second kappa shape index (κ2) is 6.12. The van der Waals surface area contributed by atoms with Crippen LogP contribution in [0.5, 0.6) is 5.88 Å². The molecule has 100 valence electrons. The summed E-state index contributed by atoms with van der Waals surface area (Å²) in [6.07, 6.45) is 5.38. The van der Waals surface area contributed by atoms with Crippen LogP contribution >= 0.6 is 23.2 Å². The van der Waals surface area contributed by atoms with E-state index < -0.39 is 0 Å². The van der Waals surface area contributed by atoms with Crippen LogP contribution in [0.4, 0.5) is 0 Å². The largest absolute Gasteiger partial charge is 0.474 e. The van der Waals surface area contributed by atoms with Gasteiger partial charge < -0.3 is 4.74 Å². The second-order valence-electron chi connectivity index (χ2n) is 5.40. The summed E-state index contributed by atoms with van der Waals surface area (Å²) < 4.78 is 5.97. The van der Waals surface area contributed by atoms with E-state index in [0.29, 0.717) is 16.8 Å². The zero-order valence-electron chi connectivity index (χ0n) is 10.8. The molecule has 2 atom stereocenters. The van der Waals surface area contributed by atoms with Crippen LogP contribution in [0.1, 0.15) is 38.7 Å². The normalized spacial score (nSPS) is 28.1. The van der Waals surface area contributed by atoms with Crippen LogP contribution in [-0.4, -0.2) is 11.1 Å². The van der Waals surface area contributed by atoms with Crippen molar-refractivity contribution in [3.63, 3.8) is 0 Å². The van der Waals surface area contributed by atoms with Gasteiger partial charge in [-0.15, -0.1) is 11.6 Å². The molecule has 2 rings (SSSR count). The summed E-state index contributed by atoms with van der Waals surface area (Å²) in [6, 6.07) is 1.85. The summed E-state index contributed by atoms with van der Waals surface area (Å²) >= 11 is 11.8. The van der Waals surface area contributed by atoms with E-state index in [0.717, 1.165) is 30.2 Å². The molecule has 1 aromatic heterocycles. The summed E-state index contributed by atoms with van der Waals surface area (Å²) in [5.74, 6) is 2.47. The third-order valence-corrected chi connectivity index (χ3v) is 4.10. The van der Waals surface area contributed by atoms with E-state index in [1.54, 1.807) is 6.20 Å². The van der Waals surface area contributed by atoms with Gasteiger partial charge in [0.15, 0.2) is 0 Å². The maximum absolute atomic E-state index is 5.98. The number of rotatable bonds is 3. The highest BCUT2D eigenvalue weighted by molar-refractivity contribution is 6.32. The van der Waals surface area contributed by atoms with Gasteiger partial charge in [0.05, 0.1) is 5.02 Å². The molecule has 0 saturated heterocycles. The number of alkyl halides is 1. The smallest absolute Gasteiger partial charge is 0.213 e. The van der Waals surface area contributed by atoms with E-state index in [1.807, 2.05) is 6.07 Å². The lowest BCUT2D eigenvalue weighted by molar-refractivity contribution is 0.0966. The molecule has 0 aliphatic heterocycles. The Morgan fingerprint density at radius 2 is 1.94 bits per heavy atom. The summed E-state index contributed by atoms with van der Waals surface area (Å²) in [5, 5.41) is 0.600. The lowest BCUT2D eigenvalue weighted by atomic mass is 9.82. The van der Waals surface area contributed by atoms with Gasteiger partial charge in [0.1, 0.15) is 6.10 Å². The SMILES string of the molecule is CC1CC(C)CC(Oc2cc(CCl)c(Cl)cn2)C1. The van der Waals surface area contributed by atoms with Gasteiger partial charge in [-0.05, 0) is 36.7 Å². The molecule has 0 bridgehead atoms. The lowest BCUT2D eigenvalue weighted by Gasteiger charge is -2.31. The van der Waals surface area contributed by atoms with Gasteiger partial charge in [-0.2, -0.15) is 0 Å². The fourth-order valence-electron chi connectivity index (χ4n) is 2.77. The molecule has 0 aromatic carbocycles. The Hall–Kier alpha value is -0.470. The van der Waals surface area contributed by atoms with Crippen molar-refractivity contribution in [1.29, 1.82) is 0 Å². The van der Waals surface area contributed by atoms with Crippen molar-refractivity contribution in [2.45, 2.75) is 45.1 Å². The van der Waals surface area contributed by atoms with E-state index in [9.17, 15) is 0 Å². The molecule has 18 heavy (non-hydrogen) atoms. The van der Waals surface area contributed by atoms with Gasteiger partial charge in [-0.1, -0.05) is 25.4 Å². The Morgan fingerprint density at radius 1 is 1.28 bits per heavy atom. The van der Waals surface area contributed by atoms with Crippen molar-refractivity contribution >= 4 is 23.2 Å². The predicted molar refractivity (Wildman–Crippen MR) is 75.4 cm³/mol. The molecular weight excluding hydrogens is 269 g/mol. The minimum atomic E-state index is 0.264. The van der Waals surface area contributed by atoms with Gasteiger partial charge in [0.25, 0.3) is 0 Å². The standard InChI is InChI=1S/C14H19Cl2NO/c1-9-3-10(2)5-12(4-9)18-14-6-11(7-15)13(16)8-17-14/h6,8-10,12H,3-5,7H2,1-2H3. The highest BCUT2D eigenvalue weighted by atomic mass is 35.5. The molecule has 0 spiro atoms. The molecule has 2 nitrogen and oxygen atoms in total. The van der Waals surface area contributed by atoms with Crippen LogP contribution in [-0.2, 0) is 5.88 Å². The van der Waals surface area contributed by atoms with Gasteiger partial charge in [0, 0.05) is 18.1 Å². The Labute approximate surface area is 119 Å². The number of nitrogens with zero attached hydrogens (tertiary/aromatic N) is 1. The number of ether oxygens (including phenoxy) is 1. The summed E-state index contributed by atoms with van der Waals surface area (Å²) in [5.41, 5.74) is 0.875. The van der Waals surface area contributed by atoms with Crippen molar-refractivity contribution in [2.75, 3.05) is 0 Å². The van der Waals surface area contributed by atoms with Gasteiger partial charge in [-0.3, -0.25) is 0 Å². The Morgan fingerprint density at radius 3 is 2.56 bits per heavy atom. The molecule has 1 saturated carbocycles. The predicted octanol–water partition coefficient (Wildman–Crippen LogP) is 4.68. The zero-order valence-corrected chi connectivity index (χ0v) is 12.3. The first-order valence-corrected chi connectivity index (χ1v) is 7.36. The molecule has 1 aliphatic carbocycles. The maximum atomic E-state index is 5.98. The molecule has 0 amide bonds. The Bertz CT molecular complexity index is 401. The van der Waals surface area contributed by atoms with E-state index >= 15 is 0 Å². The minimum Gasteiger partial charge on any atom is -0.474 e. The molecule has 0 radical (unpaired) electrons. The lowest BCUT2D eigenvalue weighted by Crippen LogP contribution is -2.28. The molecular formula is C14H19Cl2NO. The van der Waals surface area contributed by atoms with Crippen LogP contribution in [0.15, 0.2) is 12.3 Å². The van der Waals surface area contributed by atoms with E-state index in [-0.39, 0.29) is 6.10 Å². The number of aromatic nitrogens is 1. The molecule has 1 aliphatic rings. The number of hydrogen-bond acceptors (Lipinski definition) is 2. The third-order valence-electron chi connectivity index (χ3n) is 3.48. The fourth-order valence-corrected chi connectivity index (χ4v) is 3.23. The van der Waals surface area contributed by atoms with Crippen molar-refractivity contribution in [2.24, 2.45) is 11.8 Å². The average molecular weight is 288 g/mol. The maximum Gasteiger partial charge on any atom is 0.213 e. The first-order valence-electron chi connectivity index (χ1n) is 6.45. The third kappa shape index (κ3) is 3.52. The van der Waals surface area contributed by atoms with Crippen molar-refractivity contribution in [1.82, 2.24) is 4.98 Å². The van der Waals surface area contributed by atoms with Crippen LogP contribution < -0.4 is 4.74 Å². The summed E-state index contributed by atoms with van der Waals surface area (Å²) in [4.78, 5) is 4.22. The minimum absolute atomic E-state index is 0.264. The molecule has 1 heterocycles. The molecule has 0 N–H and O–H groups in total. The van der Waals surface area contributed by atoms with E-state index in [1.165, 1.54) is 6.42 Å². The van der Waals surface area contributed by atoms with Crippen LogP contribution in [0.25, 0.3) is 0 Å². The molecule has 1 fully saturated rings. The number of pyridine rings is 1.